The van der Waals surface area contributed by atoms with Crippen molar-refractivity contribution < 1.29 is 14.1 Å². The molecule has 144 valence electrons. The van der Waals surface area contributed by atoms with E-state index in [9.17, 15) is 9.59 Å². The number of nitrogens with zero attached hydrogens (tertiary/aromatic N) is 3. The minimum absolute atomic E-state index is 0.0198. The smallest absolute Gasteiger partial charge is 0.325 e. The predicted molar refractivity (Wildman–Crippen MR) is 101 cm³/mol. The van der Waals surface area contributed by atoms with Gasteiger partial charge < -0.3 is 9.84 Å². The highest BCUT2D eigenvalue weighted by Crippen LogP contribution is 2.26. The van der Waals surface area contributed by atoms with Crippen LogP contribution in [0.1, 0.15) is 57.4 Å². The Kier molecular flexibility index (Phi) is 5.58. The van der Waals surface area contributed by atoms with Crippen LogP contribution in [0.5, 0.6) is 0 Å². The number of aromatic nitrogens is 2. The fourth-order valence-corrected chi connectivity index (χ4v) is 3.32. The Morgan fingerprint density at radius 2 is 2.04 bits per heavy atom. The number of hydrogen-bond acceptors (Lipinski definition) is 5. The van der Waals surface area contributed by atoms with E-state index in [4.69, 9.17) is 4.52 Å². The third kappa shape index (κ3) is 4.18. The van der Waals surface area contributed by atoms with E-state index in [-0.39, 0.29) is 18.3 Å². The van der Waals surface area contributed by atoms with Gasteiger partial charge >= 0.3 is 6.03 Å². The van der Waals surface area contributed by atoms with Gasteiger partial charge in [0.2, 0.25) is 11.7 Å². The number of imide groups is 1. The Labute approximate surface area is 159 Å². The SMILES string of the molecule is CCCCCCC1(C)NC(=O)N(Cc2nc(-c3cccc(C)c3)no2)C1=O. The molecule has 0 saturated carbocycles. The highest BCUT2D eigenvalue weighted by molar-refractivity contribution is 6.06. The van der Waals surface area contributed by atoms with Crippen molar-refractivity contribution >= 4 is 11.9 Å². The van der Waals surface area contributed by atoms with Gasteiger partial charge in [-0.2, -0.15) is 4.98 Å². The Balaban J connectivity index is 1.67. The Bertz CT molecular complexity index is 832. The molecular formula is C20H26N4O3. The maximum Gasteiger partial charge on any atom is 0.325 e. The highest BCUT2D eigenvalue weighted by Gasteiger charge is 2.47. The van der Waals surface area contributed by atoms with Gasteiger partial charge in [0.15, 0.2) is 0 Å². The van der Waals surface area contributed by atoms with Crippen LogP contribution in [0.25, 0.3) is 11.4 Å². The average molecular weight is 370 g/mol. The van der Waals surface area contributed by atoms with Crippen molar-refractivity contribution in [1.29, 1.82) is 0 Å². The molecule has 1 aliphatic rings. The molecule has 1 aromatic carbocycles. The molecule has 3 amide bonds. The molecule has 3 rings (SSSR count). The lowest BCUT2D eigenvalue weighted by Gasteiger charge is -2.21. The summed E-state index contributed by atoms with van der Waals surface area (Å²) in [5, 5.41) is 6.79. The van der Waals surface area contributed by atoms with Gasteiger partial charge in [0.05, 0.1) is 0 Å². The molecule has 7 nitrogen and oxygen atoms in total. The zero-order valence-corrected chi connectivity index (χ0v) is 16.1. The molecule has 1 aromatic heterocycles. The molecular weight excluding hydrogens is 344 g/mol. The van der Waals surface area contributed by atoms with Gasteiger partial charge in [-0.1, -0.05) is 61.5 Å². The first-order chi connectivity index (χ1) is 12.9. The lowest BCUT2D eigenvalue weighted by molar-refractivity contribution is -0.131. The quantitative estimate of drug-likeness (QED) is 0.563. The predicted octanol–water partition coefficient (Wildman–Crippen LogP) is 3.83. The van der Waals surface area contributed by atoms with Crippen LogP contribution in [0.2, 0.25) is 0 Å². The molecule has 7 heteroatoms. The van der Waals surface area contributed by atoms with Crippen LogP contribution in [0.4, 0.5) is 4.79 Å². The van der Waals surface area contributed by atoms with Crippen LogP contribution in [0, 0.1) is 6.92 Å². The lowest BCUT2D eigenvalue weighted by Crippen LogP contribution is -2.43. The lowest BCUT2D eigenvalue weighted by atomic mass is 9.94. The fraction of sp³-hybridized carbons (Fsp3) is 0.500. The van der Waals surface area contributed by atoms with Gasteiger partial charge in [-0.25, -0.2) is 4.79 Å². The Hall–Kier alpha value is -2.70. The summed E-state index contributed by atoms with van der Waals surface area (Å²) in [5.41, 5.74) is 1.07. The van der Waals surface area contributed by atoms with Crippen LogP contribution in [-0.2, 0) is 11.3 Å². The molecule has 1 atom stereocenters. The molecule has 1 aliphatic heterocycles. The number of benzene rings is 1. The summed E-state index contributed by atoms with van der Waals surface area (Å²) in [6.07, 6.45) is 4.85. The topological polar surface area (TPSA) is 88.3 Å². The number of unbranched alkanes of at least 4 members (excludes halogenated alkanes) is 3. The van der Waals surface area contributed by atoms with Gasteiger partial charge in [-0.05, 0) is 26.3 Å². The number of hydrogen-bond donors (Lipinski definition) is 1. The molecule has 0 spiro atoms. The molecule has 2 aromatic rings. The number of carbonyl (C=O) groups is 2. The zero-order chi connectivity index (χ0) is 19.4. The molecule has 1 fully saturated rings. The molecule has 1 N–H and O–H groups in total. The summed E-state index contributed by atoms with van der Waals surface area (Å²) in [5.74, 6) is 0.452. The number of rotatable bonds is 8. The summed E-state index contributed by atoms with van der Waals surface area (Å²) >= 11 is 0. The molecule has 0 bridgehead atoms. The number of nitrogens with one attached hydrogen (secondary N) is 1. The number of aryl methyl sites for hydroxylation is 1. The van der Waals surface area contributed by atoms with Crippen molar-refractivity contribution in [1.82, 2.24) is 20.4 Å². The molecule has 0 radical (unpaired) electrons. The van der Waals surface area contributed by atoms with E-state index in [0.717, 1.165) is 41.7 Å². The van der Waals surface area contributed by atoms with Crippen LogP contribution in [0.15, 0.2) is 28.8 Å². The van der Waals surface area contributed by atoms with Crippen molar-refractivity contribution in [2.75, 3.05) is 0 Å². The summed E-state index contributed by atoms with van der Waals surface area (Å²) in [6.45, 7) is 5.89. The third-order valence-corrected chi connectivity index (χ3v) is 4.91. The fourth-order valence-electron chi connectivity index (χ4n) is 3.32. The number of urea groups is 1. The second-order valence-electron chi connectivity index (χ2n) is 7.35. The maximum atomic E-state index is 12.8. The second kappa shape index (κ2) is 7.90. The van der Waals surface area contributed by atoms with Gasteiger partial charge in [0.25, 0.3) is 5.91 Å². The average Bonchev–Trinajstić information content (AvgIpc) is 3.18. The summed E-state index contributed by atoms with van der Waals surface area (Å²) in [7, 11) is 0. The summed E-state index contributed by atoms with van der Waals surface area (Å²) in [4.78, 5) is 30.6. The normalized spacial score (nSPS) is 19.6. The minimum atomic E-state index is -0.857. The van der Waals surface area contributed by atoms with E-state index < -0.39 is 11.6 Å². The van der Waals surface area contributed by atoms with E-state index >= 15 is 0 Å². The van der Waals surface area contributed by atoms with Crippen molar-refractivity contribution in [3.05, 3.63) is 35.7 Å². The Morgan fingerprint density at radius 1 is 1.22 bits per heavy atom. The standard InChI is InChI=1S/C20H26N4O3/c1-4-5-6-7-11-20(3)18(25)24(19(26)22-20)13-16-21-17(23-27-16)15-10-8-9-14(2)12-15/h8-10,12H,4-7,11,13H2,1-3H3,(H,22,26). The maximum absolute atomic E-state index is 12.8. The molecule has 2 heterocycles. The number of carbonyl (C=O) groups excluding carboxylic acids is 2. The Morgan fingerprint density at radius 3 is 2.78 bits per heavy atom. The van der Waals surface area contributed by atoms with Gasteiger partial charge in [-0.15, -0.1) is 0 Å². The van der Waals surface area contributed by atoms with Crippen molar-refractivity contribution in [2.45, 2.75) is 65.0 Å². The van der Waals surface area contributed by atoms with Gasteiger partial charge in [0.1, 0.15) is 12.1 Å². The first-order valence-electron chi connectivity index (χ1n) is 9.46. The summed E-state index contributed by atoms with van der Waals surface area (Å²) in [6, 6.07) is 7.34. The second-order valence-corrected chi connectivity index (χ2v) is 7.35. The first-order valence-corrected chi connectivity index (χ1v) is 9.46. The van der Waals surface area contributed by atoms with Crippen LogP contribution >= 0.6 is 0 Å². The van der Waals surface area contributed by atoms with E-state index in [1.165, 1.54) is 0 Å². The van der Waals surface area contributed by atoms with Crippen LogP contribution < -0.4 is 5.32 Å². The number of amides is 3. The first kappa shape index (κ1) is 19.1. The zero-order valence-electron chi connectivity index (χ0n) is 16.1. The minimum Gasteiger partial charge on any atom is -0.337 e. The molecule has 27 heavy (non-hydrogen) atoms. The molecule has 1 unspecified atom stereocenters. The monoisotopic (exact) mass is 370 g/mol. The third-order valence-electron chi connectivity index (χ3n) is 4.91. The largest absolute Gasteiger partial charge is 0.337 e. The summed E-state index contributed by atoms with van der Waals surface area (Å²) < 4.78 is 5.26. The van der Waals surface area contributed by atoms with Crippen LogP contribution in [0.3, 0.4) is 0 Å². The highest BCUT2D eigenvalue weighted by atomic mass is 16.5. The molecule has 0 aliphatic carbocycles. The van der Waals surface area contributed by atoms with E-state index in [1.54, 1.807) is 6.92 Å². The van der Waals surface area contributed by atoms with Crippen LogP contribution in [-0.4, -0.2) is 32.5 Å². The van der Waals surface area contributed by atoms with Gasteiger partial charge in [-0.3, -0.25) is 9.69 Å². The van der Waals surface area contributed by atoms with Crippen molar-refractivity contribution in [2.24, 2.45) is 0 Å². The molecule has 1 saturated heterocycles. The van der Waals surface area contributed by atoms with Gasteiger partial charge in [0, 0.05) is 5.56 Å². The van der Waals surface area contributed by atoms with E-state index in [2.05, 4.69) is 22.4 Å². The van der Waals surface area contributed by atoms with Crippen molar-refractivity contribution in [3.63, 3.8) is 0 Å². The van der Waals surface area contributed by atoms with E-state index in [1.807, 2.05) is 31.2 Å². The van der Waals surface area contributed by atoms with Crippen molar-refractivity contribution in [3.8, 4) is 11.4 Å². The van der Waals surface area contributed by atoms with E-state index in [0.29, 0.717) is 12.2 Å².